The van der Waals surface area contributed by atoms with E-state index in [0.717, 1.165) is 51.6 Å². The molecule has 1 aromatic rings. The number of nitrogens with one attached hydrogen (secondary N) is 1. The summed E-state index contributed by atoms with van der Waals surface area (Å²) in [5.41, 5.74) is 1.26. The minimum atomic E-state index is -0.234. The van der Waals surface area contributed by atoms with Gasteiger partial charge in [-0.2, -0.15) is 0 Å². The van der Waals surface area contributed by atoms with E-state index in [4.69, 9.17) is 0 Å². The Morgan fingerprint density at radius 3 is 2.70 bits per heavy atom. The van der Waals surface area contributed by atoms with Crippen LogP contribution in [0.1, 0.15) is 44.1 Å². The predicted octanol–water partition coefficient (Wildman–Crippen LogP) is 2.32. The van der Waals surface area contributed by atoms with E-state index in [2.05, 4.69) is 34.5 Å². The highest BCUT2D eigenvalue weighted by Gasteiger charge is 2.30. The summed E-state index contributed by atoms with van der Waals surface area (Å²) < 4.78 is 0. The van der Waals surface area contributed by atoms with Crippen LogP contribution < -0.4 is 5.32 Å². The van der Waals surface area contributed by atoms with Gasteiger partial charge in [-0.3, -0.25) is 9.69 Å². The zero-order valence-corrected chi connectivity index (χ0v) is 13.8. The highest BCUT2D eigenvalue weighted by Crippen LogP contribution is 2.25. The van der Waals surface area contributed by atoms with Gasteiger partial charge in [-0.05, 0) is 37.8 Å². The zero-order valence-electron chi connectivity index (χ0n) is 13.8. The van der Waals surface area contributed by atoms with Crippen molar-refractivity contribution < 1.29 is 9.90 Å². The molecule has 126 valence electrons. The standard InChI is InChI=1S/C19H28N2O2/c22-18-11-6-9-16(18)13-20-19(23)17-10-4-5-12-21(17)14-15-7-2-1-3-8-15/h1-3,7-8,16-18,22H,4-6,9-14H2,(H,20,23). The van der Waals surface area contributed by atoms with Crippen molar-refractivity contribution in [2.45, 2.75) is 57.2 Å². The smallest absolute Gasteiger partial charge is 0.237 e. The normalized spacial score (nSPS) is 28.7. The van der Waals surface area contributed by atoms with E-state index in [1.165, 1.54) is 5.56 Å². The van der Waals surface area contributed by atoms with E-state index in [1.54, 1.807) is 0 Å². The lowest BCUT2D eigenvalue weighted by molar-refractivity contribution is -0.128. The first kappa shape index (κ1) is 16.5. The Balaban J connectivity index is 1.55. The van der Waals surface area contributed by atoms with Crippen LogP contribution in [0.25, 0.3) is 0 Å². The van der Waals surface area contributed by atoms with Crippen LogP contribution in [-0.4, -0.2) is 41.1 Å². The van der Waals surface area contributed by atoms with Gasteiger partial charge in [0.05, 0.1) is 12.1 Å². The summed E-state index contributed by atoms with van der Waals surface area (Å²) >= 11 is 0. The molecule has 1 aromatic carbocycles. The molecular formula is C19H28N2O2. The lowest BCUT2D eigenvalue weighted by Crippen LogP contribution is -2.50. The Morgan fingerprint density at radius 1 is 1.13 bits per heavy atom. The van der Waals surface area contributed by atoms with Crippen LogP contribution in [0.5, 0.6) is 0 Å². The van der Waals surface area contributed by atoms with Crippen molar-refractivity contribution >= 4 is 5.91 Å². The number of carbonyl (C=O) groups is 1. The third-order valence-electron chi connectivity index (χ3n) is 5.30. The van der Waals surface area contributed by atoms with Crippen molar-refractivity contribution in [1.82, 2.24) is 10.2 Å². The number of rotatable bonds is 5. The molecule has 1 saturated carbocycles. The van der Waals surface area contributed by atoms with Gasteiger partial charge in [0.2, 0.25) is 5.91 Å². The molecule has 4 nitrogen and oxygen atoms in total. The quantitative estimate of drug-likeness (QED) is 0.876. The minimum Gasteiger partial charge on any atom is -0.393 e. The maximum absolute atomic E-state index is 12.6. The largest absolute Gasteiger partial charge is 0.393 e. The molecule has 1 amide bonds. The summed E-state index contributed by atoms with van der Waals surface area (Å²) in [6, 6.07) is 10.3. The number of hydrogen-bond acceptors (Lipinski definition) is 3. The van der Waals surface area contributed by atoms with Gasteiger partial charge < -0.3 is 10.4 Å². The lowest BCUT2D eigenvalue weighted by atomic mass is 9.99. The Kier molecular flexibility index (Phi) is 5.68. The fourth-order valence-electron chi connectivity index (χ4n) is 3.90. The van der Waals surface area contributed by atoms with Crippen LogP contribution in [-0.2, 0) is 11.3 Å². The summed E-state index contributed by atoms with van der Waals surface area (Å²) in [6.45, 7) is 2.44. The fourth-order valence-corrected chi connectivity index (χ4v) is 3.90. The fraction of sp³-hybridized carbons (Fsp3) is 0.632. The van der Waals surface area contributed by atoms with Gasteiger partial charge in [0.1, 0.15) is 0 Å². The number of likely N-dealkylation sites (tertiary alicyclic amines) is 1. The van der Waals surface area contributed by atoms with E-state index in [1.807, 2.05) is 6.07 Å². The van der Waals surface area contributed by atoms with Crippen molar-refractivity contribution in [1.29, 1.82) is 0 Å². The predicted molar refractivity (Wildman–Crippen MR) is 90.8 cm³/mol. The number of amides is 1. The van der Waals surface area contributed by atoms with Crippen LogP contribution >= 0.6 is 0 Å². The number of carbonyl (C=O) groups excluding carboxylic acids is 1. The van der Waals surface area contributed by atoms with E-state index in [-0.39, 0.29) is 24.0 Å². The number of piperidine rings is 1. The molecule has 3 rings (SSSR count). The molecule has 23 heavy (non-hydrogen) atoms. The number of aliphatic hydroxyl groups excluding tert-OH is 1. The maximum Gasteiger partial charge on any atom is 0.237 e. The average molecular weight is 316 g/mol. The van der Waals surface area contributed by atoms with Crippen molar-refractivity contribution in [3.63, 3.8) is 0 Å². The Labute approximate surface area is 138 Å². The van der Waals surface area contributed by atoms with Gasteiger partial charge in [-0.15, -0.1) is 0 Å². The summed E-state index contributed by atoms with van der Waals surface area (Å²) in [7, 11) is 0. The number of hydrogen-bond donors (Lipinski definition) is 2. The third kappa shape index (κ3) is 4.33. The monoisotopic (exact) mass is 316 g/mol. The summed E-state index contributed by atoms with van der Waals surface area (Å²) in [4.78, 5) is 14.9. The van der Waals surface area contributed by atoms with Gasteiger partial charge in [0, 0.05) is 19.0 Å². The van der Waals surface area contributed by atoms with Crippen molar-refractivity contribution in [3.05, 3.63) is 35.9 Å². The molecule has 1 aliphatic heterocycles. The number of nitrogens with zero attached hydrogens (tertiary/aromatic N) is 1. The topological polar surface area (TPSA) is 52.6 Å². The highest BCUT2D eigenvalue weighted by molar-refractivity contribution is 5.81. The van der Waals surface area contributed by atoms with Crippen LogP contribution in [0, 0.1) is 5.92 Å². The first-order valence-electron chi connectivity index (χ1n) is 8.98. The highest BCUT2D eigenvalue weighted by atomic mass is 16.3. The average Bonchev–Trinajstić information content (AvgIpc) is 2.99. The Morgan fingerprint density at radius 2 is 1.96 bits per heavy atom. The molecule has 2 N–H and O–H groups in total. The molecule has 0 aromatic heterocycles. The van der Waals surface area contributed by atoms with Gasteiger partial charge in [-0.1, -0.05) is 43.2 Å². The molecule has 0 radical (unpaired) electrons. The molecule has 1 aliphatic carbocycles. The van der Waals surface area contributed by atoms with Gasteiger partial charge in [0.15, 0.2) is 0 Å². The number of benzene rings is 1. The van der Waals surface area contributed by atoms with E-state index in [9.17, 15) is 9.90 Å². The molecule has 2 aliphatic rings. The lowest BCUT2D eigenvalue weighted by Gasteiger charge is -2.35. The first-order valence-corrected chi connectivity index (χ1v) is 8.98. The van der Waals surface area contributed by atoms with Gasteiger partial charge in [-0.25, -0.2) is 0 Å². The molecule has 3 atom stereocenters. The summed E-state index contributed by atoms with van der Waals surface area (Å²) in [6.07, 6.45) is 5.97. The van der Waals surface area contributed by atoms with Crippen molar-refractivity contribution in [2.24, 2.45) is 5.92 Å². The maximum atomic E-state index is 12.6. The van der Waals surface area contributed by atoms with Crippen molar-refractivity contribution in [2.75, 3.05) is 13.1 Å². The minimum absolute atomic E-state index is 0.0255. The molecule has 4 heteroatoms. The number of aliphatic hydroxyl groups is 1. The molecule has 3 unspecified atom stereocenters. The molecule has 1 saturated heterocycles. The Hall–Kier alpha value is -1.39. The van der Waals surface area contributed by atoms with E-state index >= 15 is 0 Å². The third-order valence-corrected chi connectivity index (χ3v) is 5.30. The zero-order chi connectivity index (χ0) is 16.1. The Bertz CT molecular complexity index is 505. The van der Waals surface area contributed by atoms with E-state index < -0.39 is 0 Å². The molecule has 0 spiro atoms. The summed E-state index contributed by atoms with van der Waals surface area (Å²) in [5, 5.41) is 13.0. The van der Waals surface area contributed by atoms with E-state index in [0.29, 0.717) is 6.54 Å². The van der Waals surface area contributed by atoms with Crippen molar-refractivity contribution in [3.8, 4) is 0 Å². The van der Waals surface area contributed by atoms with Gasteiger partial charge >= 0.3 is 0 Å². The first-order chi connectivity index (χ1) is 11.2. The van der Waals surface area contributed by atoms with Gasteiger partial charge in [0.25, 0.3) is 0 Å². The van der Waals surface area contributed by atoms with Crippen LogP contribution in [0.15, 0.2) is 30.3 Å². The van der Waals surface area contributed by atoms with Crippen LogP contribution in [0.3, 0.4) is 0 Å². The molecule has 0 bridgehead atoms. The van der Waals surface area contributed by atoms with Crippen LogP contribution in [0.2, 0.25) is 0 Å². The SMILES string of the molecule is O=C(NCC1CCCC1O)C1CCCCN1Cc1ccccc1. The second-order valence-electron chi connectivity index (χ2n) is 6.97. The second-order valence-corrected chi connectivity index (χ2v) is 6.97. The molecule has 1 heterocycles. The summed E-state index contributed by atoms with van der Waals surface area (Å²) in [5.74, 6) is 0.379. The second kappa shape index (κ2) is 7.93. The molecule has 2 fully saturated rings. The van der Waals surface area contributed by atoms with Crippen LogP contribution in [0.4, 0.5) is 0 Å². The molecular weight excluding hydrogens is 288 g/mol.